The van der Waals surface area contributed by atoms with Crippen molar-refractivity contribution in [3.05, 3.63) is 108 Å². The number of ether oxygens (including phenoxy) is 2. The molecule has 0 N–H and O–H groups in total. The number of amides is 2. The van der Waals surface area contributed by atoms with Gasteiger partial charge in [0.25, 0.3) is 0 Å². The summed E-state index contributed by atoms with van der Waals surface area (Å²) < 4.78 is 63.4. The monoisotopic (exact) mass is 688 g/mol. The van der Waals surface area contributed by atoms with Crippen molar-refractivity contribution in [2.45, 2.75) is 40.5 Å². The minimum Gasteiger partial charge on any atom is -0.332 e. The predicted molar refractivity (Wildman–Crippen MR) is 168 cm³/mol. The fourth-order valence-corrected chi connectivity index (χ4v) is 5.40. The van der Waals surface area contributed by atoms with Crippen LogP contribution in [0.15, 0.2) is 60.7 Å². The average molecular weight is 689 g/mol. The minimum absolute atomic E-state index is 0. The molecule has 6 rings (SSSR count). The second-order valence-corrected chi connectivity index (χ2v) is 11.0. The number of nitrogens with zero attached hydrogens (tertiary/aromatic N) is 2. The summed E-state index contributed by atoms with van der Waals surface area (Å²) in [4.78, 5) is 24.1. The predicted octanol–water partition coefficient (Wildman–Crippen LogP) is 7.09. The number of benzene rings is 2. The van der Waals surface area contributed by atoms with E-state index in [1.165, 1.54) is 12.1 Å². The molecule has 4 unspecified atom stereocenters. The van der Waals surface area contributed by atoms with Crippen molar-refractivity contribution in [3.63, 3.8) is 0 Å². The second kappa shape index (κ2) is 19.1. The molecule has 0 bridgehead atoms. The minimum atomic E-state index is -0.824. The molecule has 6 nitrogen and oxygen atoms in total. The van der Waals surface area contributed by atoms with Crippen LogP contribution in [-0.4, -0.2) is 51.6 Å². The molecule has 11 heteroatoms. The van der Waals surface area contributed by atoms with Crippen molar-refractivity contribution in [3.8, 4) is 0 Å². The van der Waals surface area contributed by atoms with E-state index in [2.05, 4.69) is 24.3 Å². The van der Waals surface area contributed by atoms with Crippen molar-refractivity contribution < 1.29 is 58.3 Å². The molecule has 2 aromatic rings. The van der Waals surface area contributed by atoms with Gasteiger partial charge in [0, 0.05) is 24.8 Å². The Morgan fingerprint density at radius 2 is 1.09 bits per heavy atom. The number of halogens is 4. The molecular weight excluding hydrogens is 648 g/mol. The molecule has 2 aromatic carbocycles. The van der Waals surface area contributed by atoms with Crippen molar-refractivity contribution in [2.24, 2.45) is 11.8 Å². The van der Waals surface area contributed by atoms with Gasteiger partial charge in [0.2, 0.25) is 0 Å². The van der Waals surface area contributed by atoms with E-state index in [0.29, 0.717) is 26.3 Å². The average Bonchev–Trinajstić information content (AvgIpc) is 3.82. The van der Waals surface area contributed by atoms with Gasteiger partial charge >= 0.3 is 33.5 Å². The maximum Gasteiger partial charge on any atom is 4.00 e. The molecule has 4 aliphatic rings. The summed E-state index contributed by atoms with van der Waals surface area (Å²) in [5, 5.41) is 0. The number of carbonyl (C=O) groups is 2. The van der Waals surface area contributed by atoms with E-state index in [-0.39, 0.29) is 79.2 Å². The summed E-state index contributed by atoms with van der Waals surface area (Å²) in [7, 11) is 0. The normalized spacial score (nSPS) is 24.5. The molecule has 47 heavy (non-hydrogen) atoms. The van der Waals surface area contributed by atoms with Crippen LogP contribution >= 0.6 is 0 Å². The molecule has 0 spiro atoms. The first kappa shape index (κ1) is 40.2. The van der Waals surface area contributed by atoms with Gasteiger partial charge in [-0.05, 0) is 27.7 Å². The maximum absolute atomic E-state index is 13.8. The number of quaternary nitrogens is 2. The standard InChI is InChI=1S/2C13H15F2NO2.2C5H5.Ti/c2*1-3-18-8-16(7-9(2)13(16)17)12-5-4-10(14)6-11(12)15;2*1-2-4-5-3-1;/h2*4-5,9H,3,7-8H2,1-2H3;2*1-3H,4H2;/q;;2*-1;+4. The molecule has 248 valence electrons. The fourth-order valence-electron chi connectivity index (χ4n) is 5.40. The van der Waals surface area contributed by atoms with Gasteiger partial charge in [-0.15, -0.1) is 49.2 Å². The number of allylic oxidation sites excluding steroid dienone is 8. The van der Waals surface area contributed by atoms with Crippen LogP contribution < -0.4 is 8.97 Å². The van der Waals surface area contributed by atoms with E-state index in [0.717, 1.165) is 25.0 Å². The molecule has 0 saturated carbocycles. The third-order valence-corrected chi connectivity index (χ3v) is 7.67. The molecule has 2 amide bonds. The molecule has 0 radical (unpaired) electrons. The summed E-state index contributed by atoms with van der Waals surface area (Å²) in [6, 6.07) is 8.75. The molecule has 0 aromatic heterocycles. The topological polar surface area (TPSA) is 52.6 Å². The van der Waals surface area contributed by atoms with E-state index >= 15 is 0 Å². The van der Waals surface area contributed by atoms with Crippen molar-refractivity contribution >= 4 is 23.2 Å². The van der Waals surface area contributed by atoms with Crippen molar-refractivity contribution in [1.29, 1.82) is 0 Å². The zero-order valence-corrected chi connectivity index (χ0v) is 28.7. The number of β-lactam (4-membered cyclic amide) rings is 2. The zero-order chi connectivity index (χ0) is 33.7. The van der Waals surface area contributed by atoms with Gasteiger partial charge in [-0.1, -0.05) is 0 Å². The first-order valence-corrected chi connectivity index (χ1v) is 15.2. The maximum atomic E-state index is 13.8. The molecule has 2 aliphatic heterocycles. The van der Waals surface area contributed by atoms with Crippen LogP contribution in [0.4, 0.5) is 28.9 Å². The zero-order valence-electron chi connectivity index (χ0n) is 27.1. The van der Waals surface area contributed by atoms with Crippen LogP contribution in [0.25, 0.3) is 0 Å². The number of hydrogen-bond acceptors (Lipinski definition) is 4. The van der Waals surface area contributed by atoms with Crippen LogP contribution in [0, 0.1) is 59.4 Å². The van der Waals surface area contributed by atoms with Gasteiger partial charge in [0.1, 0.15) is 11.8 Å². The van der Waals surface area contributed by atoms with E-state index in [1.807, 2.05) is 36.4 Å². The Morgan fingerprint density at radius 3 is 1.30 bits per heavy atom. The number of likely N-dealkylation sites (tertiary alicyclic amines) is 2. The van der Waals surface area contributed by atoms with Crippen LogP contribution in [0.3, 0.4) is 0 Å². The Morgan fingerprint density at radius 1 is 0.702 bits per heavy atom. The third-order valence-electron chi connectivity index (χ3n) is 7.67. The van der Waals surface area contributed by atoms with Gasteiger partial charge in [-0.3, -0.25) is 21.1 Å². The van der Waals surface area contributed by atoms with E-state index in [1.54, 1.807) is 27.7 Å². The Kier molecular flexibility index (Phi) is 16.4. The van der Waals surface area contributed by atoms with Crippen molar-refractivity contribution in [1.82, 2.24) is 8.97 Å². The molecule has 2 aliphatic carbocycles. The largest absolute Gasteiger partial charge is 4.00 e. The summed E-state index contributed by atoms with van der Waals surface area (Å²) in [6.45, 7) is 9.15. The van der Waals surface area contributed by atoms with E-state index in [9.17, 15) is 27.2 Å². The third kappa shape index (κ3) is 10.0. The summed E-state index contributed by atoms with van der Waals surface area (Å²) in [5.74, 6) is -3.67. The first-order valence-electron chi connectivity index (χ1n) is 15.2. The van der Waals surface area contributed by atoms with Crippen LogP contribution in [-0.2, 0) is 40.8 Å². The van der Waals surface area contributed by atoms with Gasteiger partial charge in [-0.2, -0.15) is 12.2 Å². The fraction of sp³-hybridized carbons (Fsp3) is 0.389. The van der Waals surface area contributed by atoms with Gasteiger partial charge in [-0.25, -0.2) is 51.5 Å². The van der Waals surface area contributed by atoms with E-state index < -0.39 is 23.3 Å². The molecule has 4 atom stereocenters. The second-order valence-electron chi connectivity index (χ2n) is 11.0. The Balaban J connectivity index is 0.000000248. The number of rotatable bonds is 8. The Bertz CT molecular complexity index is 1350. The van der Waals surface area contributed by atoms with E-state index in [4.69, 9.17) is 9.47 Å². The molecule has 2 fully saturated rings. The smallest absolute Gasteiger partial charge is 0.332 e. The number of hydrogen-bond donors (Lipinski definition) is 0. The SMILES string of the molecule is CCOC[N+]1(c2ccc(F)[c-]c2F)CC(C)C1=O.CCOC[N+]1(c2ccc(F)[c-]c2F)CC(C)C1=O.[C-]1=CC=CC1.[C-]1=CC=CC1.[Ti+4]. The summed E-state index contributed by atoms with van der Waals surface area (Å²) >= 11 is 0. The summed E-state index contributed by atoms with van der Waals surface area (Å²) in [6.07, 6.45) is 20.0. The molecule has 2 heterocycles. The van der Waals surface area contributed by atoms with Crippen LogP contribution in [0.2, 0.25) is 0 Å². The van der Waals surface area contributed by atoms with Gasteiger partial charge in [0.15, 0.2) is 13.5 Å². The van der Waals surface area contributed by atoms with Gasteiger partial charge < -0.3 is 9.47 Å². The van der Waals surface area contributed by atoms with Crippen LogP contribution in [0.5, 0.6) is 0 Å². The summed E-state index contributed by atoms with van der Waals surface area (Å²) in [5.41, 5.74) is 0.265. The quantitative estimate of drug-likeness (QED) is 0.0978. The Hall–Kier alpha value is -2.99. The first-order chi connectivity index (χ1) is 22.0. The van der Waals surface area contributed by atoms with Gasteiger partial charge in [0.05, 0.1) is 36.1 Å². The molecule has 2 saturated heterocycles. The van der Waals surface area contributed by atoms with Crippen LogP contribution in [0.1, 0.15) is 40.5 Å². The van der Waals surface area contributed by atoms with Crippen molar-refractivity contribution in [2.75, 3.05) is 39.8 Å². The molecular formula is C36H40F4N2O4Ti+2. The number of carbonyl (C=O) groups excluding carboxylic acids is 2. The Labute approximate surface area is 290 Å².